The van der Waals surface area contributed by atoms with Gasteiger partial charge in [-0.1, -0.05) is 19.1 Å². The minimum absolute atomic E-state index is 0.213. The molecular weight excluding hydrogens is 246 g/mol. The minimum Gasteiger partial charge on any atom is -0.492 e. The van der Waals surface area contributed by atoms with Crippen molar-refractivity contribution >= 4 is 17.7 Å². The molecule has 1 aliphatic heterocycles. The second-order valence-electron chi connectivity index (χ2n) is 4.63. The van der Waals surface area contributed by atoms with Gasteiger partial charge in [0.15, 0.2) is 0 Å². The molecule has 0 fully saturated rings. The molecule has 2 rings (SSSR count). The zero-order valence-corrected chi connectivity index (χ0v) is 11.5. The van der Waals surface area contributed by atoms with Crippen LogP contribution < -0.4 is 10.5 Å². The second kappa shape index (κ2) is 6.14. The van der Waals surface area contributed by atoms with Crippen LogP contribution >= 0.6 is 11.8 Å². The van der Waals surface area contributed by atoms with E-state index in [0.29, 0.717) is 12.3 Å². The van der Waals surface area contributed by atoms with Crippen molar-refractivity contribution in [3.05, 3.63) is 23.8 Å². The van der Waals surface area contributed by atoms with Crippen molar-refractivity contribution in [2.75, 3.05) is 12.4 Å². The van der Waals surface area contributed by atoms with E-state index in [4.69, 9.17) is 10.5 Å². The third-order valence-corrected chi connectivity index (χ3v) is 4.28. The highest BCUT2D eigenvalue weighted by molar-refractivity contribution is 7.99. The molecule has 0 bridgehead atoms. The van der Waals surface area contributed by atoms with Gasteiger partial charge in [0.1, 0.15) is 5.75 Å². The molecule has 4 heteroatoms. The van der Waals surface area contributed by atoms with Crippen molar-refractivity contribution in [2.45, 2.75) is 37.0 Å². The quantitative estimate of drug-likeness (QED) is 0.890. The Balaban J connectivity index is 2.05. The Kier molecular flexibility index (Phi) is 4.53. The van der Waals surface area contributed by atoms with Gasteiger partial charge in [-0.3, -0.25) is 4.79 Å². The van der Waals surface area contributed by atoms with Gasteiger partial charge in [0.05, 0.1) is 11.5 Å². The molecule has 1 atom stereocenters. The Morgan fingerprint density at radius 1 is 1.56 bits per heavy atom. The molecule has 0 saturated heterocycles. The highest BCUT2D eigenvalue weighted by Crippen LogP contribution is 2.40. The number of benzene rings is 1. The average molecular weight is 265 g/mol. The van der Waals surface area contributed by atoms with E-state index in [1.807, 2.05) is 23.9 Å². The fourth-order valence-corrected chi connectivity index (χ4v) is 3.30. The lowest BCUT2D eigenvalue weighted by molar-refractivity contribution is -0.118. The number of hydrogen-bond acceptors (Lipinski definition) is 3. The van der Waals surface area contributed by atoms with Gasteiger partial charge in [0.2, 0.25) is 5.91 Å². The highest BCUT2D eigenvalue weighted by Gasteiger charge is 2.18. The van der Waals surface area contributed by atoms with E-state index in [0.717, 1.165) is 31.0 Å². The number of carbonyl (C=O) groups is 1. The Labute approximate surface area is 112 Å². The standard InChI is InChI=1S/C14H19NO2S/c1-10(4-2-7-13(15)16)11-5-3-6-12-14(11)18-9-8-17-12/h3,5-6,10H,2,4,7-9H2,1H3,(H2,15,16). The van der Waals surface area contributed by atoms with Gasteiger partial charge < -0.3 is 10.5 Å². The third-order valence-electron chi connectivity index (χ3n) is 3.19. The molecule has 1 aliphatic rings. The summed E-state index contributed by atoms with van der Waals surface area (Å²) in [5.41, 5.74) is 6.50. The first-order valence-corrected chi connectivity index (χ1v) is 7.34. The van der Waals surface area contributed by atoms with Crippen LogP contribution in [-0.2, 0) is 4.79 Å². The number of carbonyl (C=O) groups excluding carboxylic acids is 1. The zero-order valence-electron chi connectivity index (χ0n) is 10.6. The highest BCUT2D eigenvalue weighted by atomic mass is 32.2. The summed E-state index contributed by atoms with van der Waals surface area (Å²) in [5, 5.41) is 0. The molecule has 1 aromatic carbocycles. The maximum Gasteiger partial charge on any atom is 0.217 e. The number of nitrogens with two attached hydrogens (primary N) is 1. The summed E-state index contributed by atoms with van der Waals surface area (Å²) in [6.07, 6.45) is 2.31. The first-order chi connectivity index (χ1) is 8.68. The van der Waals surface area contributed by atoms with Crippen molar-refractivity contribution in [3.63, 3.8) is 0 Å². The predicted octanol–water partition coefficient (Wildman–Crippen LogP) is 2.93. The summed E-state index contributed by atoms with van der Waals surface area (Å²) in [4.78, 5) is 12.0. The van der Waals surface area contributed by atoms with Crippen molar-refractivity contribution in [3.8, 4) is 5.75 Å². The van der Waals surface area contributed by atoms with Crippen molar-refractivity contribution < 1.29 is 9.53 Å². The number of fused-ring (bicyclic) bond motifs is 1. The van der Waals surface area contributed by atoms with E-state index in [1.54, 1.807) is 0 Å². The van der Waals surface area contributed by atoms with Gasteiger partial charge >= 0.3 is 0 Å². The molecular formula is C14H19NO2S. The van der Waals surface area contributed by atoms with E-state index < -0.39 is 0 Å². The van der Waals surface area contributed by atoms with Crippen LogP contribution in [0, 0.1) is 0 Å². The normalized spacial score (nSPS) is 15.6. The summed E-state index contributed by atoms with van der Waals surface area (Å²) < 4.78 is 5.66. The van der Waals surface area contributed by atoms with Crippen molar-refractivity contribution in [1.82, 2.24) is 0 Å². The lowest BCUT2D eigenvalue weighted by Gasteiger charge is -2.22. The largest absolute Gasteiger partial charge is 0.492 e. The van der Waals surface area contributed by atoms with Gasteiger partial charge in [-0.05, 0) is 30.4 Å². The molecule has 1 unspecified atom stereocenters. The number of primary amides is 1. The Morgan fingerprint density at radius 2 is 2.39 bits per heavy atom. The molecule has 0 saturated carbocycles. The van der Waals surface area contributed by atoms with E-state index in [1.165, 1.54) is 10.5 Å². The van der Waals surface area contributed by atoms with E-state index in [9.17, 15) is 4.79 Å². The molecule has 0 radical (unpaired) electrons. The van der Waals surface area contributed by atoms with E-state index in [2.05, 4.69) is 13.0 Å². The van der Waals surface area contributed by atoms with Gasteiger partial charge in [0, 0.05) is 12.2 Å². The molecule has 1 aromatic rings. The van der Waals surface area contributed by atoms with Crippen LogP contribution in [0.25, 0.3) is 0 Å². The summed E-state index contributed by atoms with van der Waals surface area (Å²) in [7, 11) is 0. The fourth-order valence-electron chi connectivity index (χ4n) is 2.22. The van der Waals surface area contributed by atoms with Gasteiger partial charge in [-0.15, -0.1) is 11.8 Å². The maximum absolute atomic E-state index is 10.7. The number of rotatable bonds is 5. The lowest BCUT2D eigenvalue weighted by Crippen LogP contribution is -2.11. The lowest BCUT2D eigenvalue weighted by atomic mass is 9.95. The molecule has 0 spiro atoms. The Morgan fingerprint density at radius 3 is 3.17 bits per heavy atom. The molecule has 0 aromatic heterocycles. The van der Waals surface area contributed by atoms with Crippen LogP contribution in [0.3, 0.4) is 0 Å². The first-order valence-electron chi connectivity index (χ1n) is 6.35. The molecule has 18 heavy (non-hydrogen) atoms. The first kappa shape index (κ1) is 13.3. The fraction of sp³-hybridized carbons (Fsp3) is 0.500. The van der Waals surface area contributed by atoms with Crippen LogP contribution in [0.1, 0.15) is 37.7 Å². The molecule has 1 amide bonds. The molecule has 98 valence electrons. The van der Waals surface area contributed by atoms with Gasteiger partial charge in [-0.25, -0.2) is 0 Å². The van der Waals surface area contributed by atoms with Crippen LogP contribution in [0.2, 0.25) is 0 Å². The van der Waals surface area contributed by atoms with Crippen LogP contribution in [0.4, 0.5) is 0 Å². The van der Waals surface area contributed by atoms with Crippen molar-refractivity contribution in [1.29, 1.82) is 0 Å². The van der Waals surface area contributed by atoms with Crippen LogP contribution in [0.15, 0.2) is 23.1 Å². The maximum atomic E-state index is 10.7. The molecule has 1 heterocycles. The summed E-state index contributed by atoms with van der Waals surface area (Å²) in [6.45, 7) is 2.99. The monoisotopic (exact) mass is 265 g/mol. The van der Waals surface area contributed by atoms with Gasteiger partial charge in [-0.2, -0.15) is 0 Å². The minimum atomic E-state index is -0.213. The zero-order chi connectivity index (χ0) is 13.0. The second-order valence-corrected chi connectivity index (χ2v) is 5.74. The van der Waals surface area contributed by atoms with Crippen LogP contribution in [-0.4, -0.2) is 18.3 Å². The van der Waals surface area contributed by atoms with Crippen molar-refractivity contribution in [2.24, 2.45) is 5.73 Å². The number of hydrogen-bond donors (Lipinski definition) is 1. The molecule has 2 N–H and O–H groups in total. The summed E-state index contributed by atoms with van der Waals surface area (Å²) >= 11 is 1.87. The number of thioether (sulfide) groups is 1. The number of ether oxygens (including phenoxy) is 1. The molecule has 0 aliphatic carbocycles. The van der Waals surface area contributed by atoms with Gasteiger partial charge in [0.25, 0.3) is 0 Å². The topological polar surface area (TPSA) is 52.3 Å². The summed E-state index contributed by atoms with van der Waals surface area (Å²) in [6, 6.07) is 6.24. The van der Waals surface area contributed by atoms with E-state index >= 15 is 0 Å². The summed E-state index contributed by atoms with van der Waals surface area (Å²) in [5.74, 6) is 2.24. The SMILES string of the molecule is CC(CCCC(N)=O)c1cccc2c1SCCO2. The average Bonchev–Trinajstić information content (AvgIpc) is 2.37. The third kappa shape index (κ3) is 3.19. The number of amides is 1. The Hall–Kier alpha value is -1.16. The molecule has 3 nitrogen and oxygen atoms in total. The predicted molar refractivity (Wildman–Crippen MR) is 74.1 cm³/mol. The van der Waals surface area contributed by atoms with E-state index in [-0.39, 0.29) is 5.91 Å². The Bertz CT molecular complexity index is 434. The smallest absolute Gasteiger partial charge is 0.217 e. The van der Waals surface area contributed by atoms with Crippen LogP contribution in [0.5, 0.6) is 5.75 Å².